The van der Waals surface area contributed by atoms with E-state index in [9.17, 15) is 43.2 Å². The van der Waals surface area contributed by atoms with Gasteiger partial charge in [-0.15, -0.1) is 0 Å². The summed E-state index contributed by atoms with van der Waals surface area (Å²) in [5, 5.41) is 21.4. The average molecular weight is 1210 g/mol. The Hall–Kier alpha value is -9.72. The highest BCUT2D eigenvalue weighted by molar-refractivity contribution is 6.04. The Kier molecular flexibility index (Phi) is 24.2. The van der Waals surface area contributed by atoms with Crippen molar-refractivity contribution in [3.8, 4) is 0 Å². The van der Waals surface area contributed by atoms with Crippen molar-refractivity contribution in [2.45, 2.75) is 45.1 Å². The van der Waals surface area contributed by atoms with Gasteiger partial charge < -0.3 is 83.9 Å². The lowest BCUT2D eigenvalue weighted by Crippen LogP contribution is -2.49. The van der Waals surface area contributed by atoms with Crippen molar-refractivity contribution < 1.29 is 62.1 Å². The molecule has 87 heavy (non-hydrogen) atoms. The first-order valence-electron chi connectivity index (χ1n) is 28.0. The Balaban J connectivity index is 0.689. The third-order valence-electron chi connectivity index (χ3n) is 13.3. The van der Waals surface area contributed by atoms with Gasteiger partial charge in [0, 0.05) is 162 Å². The number of rotatable bonds is 32. The highest BCUT2D eigenvalue weighted by atomic mass is 16.6. The summed E-state index contributed by atoms with van der Waals surface area (Å²) in [6.07, 6.45) is 7.94. The first-order chi connectivity index (χ1) is 41.8. The maximum Gasteiger partial charge on any atom is 0.410 e. The van der Waals surface area contributed by atoms with Gasteiger partial charge in [0.2, 0.25) is 47.2 Å². The number of piperazine rings is 1. The minimum Gasteiger partial charge on any atom is -0.445 e. The number of aromatic nitrogens is 8. The molecule has 31 nitrogen and oxygen atoms in total. The molecule has 1 fully saturated rings. The summed E-state index contributed by atoms with van der Waals surface area (Å²) < 4.78 is 29.8. The molecule has 7 rings (SSSR count). The van der Waals surface area contributed by atoms with Crippen LogP contribution in [-0.2, 0) is 89.6 Å². The van der Waals surface area contributed by atoms with Crippen molar-refractivity contribution in [3.63, 3.8) is 0 Å². The van der Waals surface area contributed by atoms with Crippen LogP contribution in [0.2, 0.25) is 0 Å². The smallest absolute Gasteiger partial charge is 0.410 e. The van der Waals surface area contributed by atoms with E-state index >= 15 is 0 Å². The Morgan fingerprint density at radius 2 is 1.00 bits per heavy atom. The van der Waals surface area contributed by atoms with Crippen LogP contribution in [0.1, 0.15) is 65.3 Å². The number of carbonyl (C=O) groups excluding carboxylic acids is 9. The summed E-state index contributed by atoms with van der Waals surface area (Å²) in [6, 6.07) is 12.7. The lowest BCUT2D eigenvalue weighted by Gasteiger charge is -2.33. The molecule has 0 atom stereocenters. The van der Waals surface area contributed by atoms with Gasteiger partial charge in [-0.25, -0.2) is 14.8 Å². The number of hydrogen-bond donors (Lipinski definition) is 8. The standard InChI is InChI=1S/C56H74N18O13/c1-68-19-17-58-51(68)53(81)59-39-31-43(69(2)33-39)65-48(78)15-13-46(76)61-41-35-71(4)52(63-41)54(82)60-40-32-44(70(3)34-40)66-49(79)16-14-47(77)62-42-36-72(5)55(64-42)67-50(80)12-11-45(75)57-18-25-84-27-29-86-30-28-85-26-24-73-20-22-74(23-21-73)56(83)87-37-38-9-7-6-8-10-38/h6-10,17,19,31-36H,11-16,18,20-30,37H2,1-5H3,(H,57,75)(H,59,81)(H,60,82)(H,61,76)(H,62,77)(H,65,78)(H,66,79)(H,64,67,80). The maximum absolute atomic E-state index is 13.2. The molecule has 9 amide bonds. The molecular formula is C56H74N18O13. The van der Waals surface area contributed by atoms with E-state index in [0.717, 1.165) is 25.2 Å². The van der Waals surface area contributed by atoms with Crippen LogP contribution < -0.4 is 42.5 Å². The number of nitrogens with zero attached hydrogens (tertiary/aromatic N) is 10. The summed E-state index contributed by atoms with van der Waals surface area (Å²) in [5.41, 5.74) is 1.70. The predicted molar refractivity (Wildman–Crippen MR) is 317 cm³/mol. The molecule has 0 spiro atoms. The normalized spacial score (nSPS) is 12.3. The van der Waals surface area contributed by atoms with Gasteiger partial charge in [-0.05, 0) is 5.56 Å². The number of aryl methyl sites for hydroxylation is 5. The predicted octanol–water partition coefficient (Wildman–Crippen LogP) is 2.62. The van der Waals surface area contributed by atoms with Gasteiger partial charge in [-0.2, -0.15) is 4.98 Å². The Morgan fingerprint density at radius 1 is 0.494 bits per heavy atom. The molecule has 1 aliphatic rings. The summed E-state index contributed by atoms with van der Waals surface area (Å²) in [7, 11) is 8.18. The molecule has 0 aliphatic carbocycles. The lowest BCUT2D eigenvalue weighted by molar-refractivity contribution is -0.124. The molecule has 1 saturated heterocycles. The molecule has 466 valence electrons. The van der Waals surface area contributed by atoms with E-state index in [4.69, 9.17) is 18.9 Å². The van der Waals surface area contributed by atoms with Crippen LogP contribution in [0.25, 0.3) is 0 Å². The Bertz CT molecular complexity index is 3340. The molecule has 1 aromatic carbocycles. The molecule has 1 aliphatic heterocycles. The minimum absolute atomic E-state index is 0.0467. The van der Waals surface area contributed by atoms with E-state index in [1.165, 1.54) is 33.8 Å². The van der Waals surface area contributed by atoms with Crippen LogP contribution in [0.3, 0.4) is 0 Å². The second-order valence-corrected chi connectivity index (χ2v) is 20.1. The van der Waals surface area contributed by atoms with Crippen molar-refractivity contribution in [2.75, 3.05) is 116 Å². The van der Waals surface area contributed by atoms with E-state index in [1.54, 1.807) is 78.5 Å². The molecule has 5 aromatic heterocycles. The maximum atomic E-state index is 13.2. The fraction of sp³-hybridized carbons (Fsp3) is 0.429. The van der Waals surface area contributed by atoms with Gasteiger partial charge >= 0.3 is 6.09 Å². The second kappa shape index (κ2) is 32.5. The van der Waals surface area contributed by atoms with Gasteiger partial charge in [-0.1, -0.05) is 30.3 Å². The van der Waals surface area contributed by atoms with Crippen LogP contribution in [0.4, 0.5) is 45.4 Å². The number of anilines is 7. The second-order valence-electron chi connectivity index (χ2n) is 20.1. The van der Waals surface area contributed by atoms with E-state index in [2.05, 4.69) is 62.4 Å². The number of ether oxygens (including phenoxy) is 4. The monoisotopic (exact) mass is 1210 g/mol. The van der Waals surface area contributed by atoms with Gasteiger partial charge in [0.25, 0.3) is 11.8 Å². The molecule has 0 radical (unpaired) electrons. The van der Waals surface area contributed by atoms with Gasteiger partial charge in [0.15, 0.2) is 17.5 Å². The molecule has 6 heterocycles. The van der Waals surface area contributed by atoms with Gasteiger partial charge in [0.1, 0.15) is 18.2 Å². The number of benzene rings is 1. The van der Waals surface area contributed by atoms with E-state index in [0.29, 0.717) is 69.1 Å². The molecular weight excluding hydrogens is 1130 g/mol. The highest BCUT2D eigenvalue weighted by Crippen LogP contribution is 2.21. The van der Waals surface area contributed by atoms with Crippen LogP contribution >= 0.6 is 0 Å². The van der Waals surface area contributed by atoms with Crippen molar-refractivity contribution in [3.05, 3.63) is 96.9 Å². The van der Waals surface area contributed by atoms with Gasteiger partial charge in [-0.3, -0.25) is 48.6 Å². The van der Waals surface area contributed by atoms with Crippen molar-refractivity contribution >= 4 is 93.9 Å². The van der Waals surface area contributed by atoms with Crippen LogP contribution in [0, 0.1) is 0 Å². The van der Waals surface area contributed by atoms with Crippen LogP contribution in [-0.4, -0.2) is 180 Å². The molecule has 0 saturated carbocycles. The number of imidazole rings is 3. The van der Waals surface area contributed by atoms with E-state index in [-0.39, 0.29) is 99.5 Å². The largest absolute Gasteiger partial charge is 0.445 e. The minimum atomic E-state index is -0.621. The zero-order valence-electron chi connectivity index (χ0n) is 49.2. The summed E-state index contributed by atoms with van der Waals surface area (Å²) in [5.74, 6) is -2.63. The fourth-order valence-electron chi connectivity index (χ4n) is 8.59. The summed E-state index contributed by atoms with van der Waals surface area (Å²) in [6.45, 7) is 6.29. The molecule has 8 N–H and O–H groups in total. The van der Waals surface area contributed by atoms with Gasteiger partial charge in [0.05, 0.1) is 51.0 Å². The first-order valence-corrected chi connectivity index (χ1v) is 28.0. The van der Waals surface area contributed by atoms with E-state index in [1.807, 2.05) is 30.3 Å². The molecule has 0 bridgehead atoms. The third kappa shape index (κ3) is 21.1. The van der Waals surface area contributed by atoms with Crippen LogP contribution in [0.15, 0.2) is 79.6 Å². The quantitative estimate of drug-likeness (QED) is 0.0281. The topological polar surface area (TPSA) is 357 Å². The van der Waals surface area contributed by atoms with Crippen LogP contribution in [0.5, 0.6) is 0 Å². The Morgan fingerprint density at radius 3 is 1.57 bits per heavy atom. The number of hydrogen-bond acceptors (Lipinski definition) is 17. The number of carbonyl (C=O) groups is 9. The Labute approximate surface area is 500 Å². The average Bonchev–Trinajstić information content (AvgIpc) is 3.50. The zero-order chi connectivity index (χ0) is 62.2. The van der Waals surface area contributed by atoms with E-state index < -0.39 is 41.4 Å². The van der Waals surface area contributed by atoms with Crippen molar-refractivity contribution in [2.24, 2.45) is 35.2 Å². The molecule has 0 unspecified atom stereocenters. The fourth-order valence-corrected chi connectivity index (χ4v) is 8.59. The molecule has 6 aromatic rings. The first kappa shape index (κ1) is 64.8. The number of amides is 9. The third-order valence-corrected chi connectivity index (χ3v) is 13.3. The van der Waals surface area contributed by atoms with Crippen molar-refractivity contribution in [1.82, 2.24) is 52.9 Å². The SMILES string of the molecule is Cn1cc(NC(=O)c2nc(NC(=O)CCC(=O)Nc3cc(NC(=O)c4nccn4C)cn3C)cn2C)cc1NC(=O)CCC(=O)Nc1cn(C)c(NC(=O)CCC(=O)NCCOCCOCCOCCN2CCN(C(=O)OCc3ccccc3)CC2)n1. The van der Waals surface area contributed by atoms with Crippen molar-refractivity contribution in [1.29, 1.82) is 0 Å². The summed E-state index contributed by atoms with van der Waals surface area (Å²) in [4.78, 5) is 131. The zero-order valence-corrected chi connectivity index (χ0v) is 49.2. The number of nitrogens with one attached hydrogen (secondary N) is 8. The highest BCUT2D eigenvalue weighted by Gasteiger charge is 2.23. The summed E-state index contributed by atoms with van der Waals surface area (Å²) >= 11 is 0. The lowest BCUT2D eigenvalue weighted by atomic mass is 10.2. The molecule has 31 heteroatoms.